The van der Waals surface area contributed by atoms with Crippen LogP contribution in [0, 0.1) is 0 Å². The summed E-state index contributed by atoms with van der Waals surface area (Å²) in [4.78, 5) is 4.33. The van der Waals surface area contributed by atoms with Crippen molar-refractivity contribution in [1.29, 1.82) is 0 Å². The van der Waals surface area contributed by atoms with Crippen molar-refractivity contribution in [2.45, 2.75) is 24.8 Å². The zero-order valence-corrected chi connectivity index (χ0v) is 14.3. The summed E-state index contributed by atoms with van der Waals surface area (Å²) in [5, 5.41) is 15.2. The number of nitrogens with one attached hydrogen (secondary N) is 2. The van der Waals surface area contributed by atoms with Crippen molar-refractivity contribution in [2.75, 3.05) is 13.6 Å². The second kappa shape index (κ2) is 6.55. The maximum atomic E-state index is 4.33. The smallest absolute Gasteiger partial charge is 0.191 e. The van der Waals surface area contributed by atoms with Gasteiger partial charge in [0.15, 0.2) is 17.4 Å². The highest BCUT2D eigenvalue weighted by atomic mass is 15.3. The van der Waals surface area contributed by atoms with Crippen molar-refractivity contribution < 1.29 is 0 Å². The number of fused-ring (bicyclic) bond motifs is 1. The van der Waals surface area contributed by atoms with Gasteiger partial charge in [0.25, 0.3) is 0 Å². The van der Waals surface area contributed by atoms with E-state index >= 15 is 0 Å². The maximum Gasteiger partial charge on any atom is 0.191 e. The van der Waals surface area contributed by atoms with Crippen LogP contribution in [0.2, 0.25) is 0 Å². The molecule has 1 fully saturated rings. The molecule has 4 rings (SSSR count). The quantitative estimate of drug-likeness (QED) is 0.554. The molecule has 2 aromatic heterocycles. The molecular weight excluding hydrogens is 312 g/mol. The fraction of sp³-hybridized carbons (Fsp3) is 0.316. The molecule has 1 aliphatic carbocycles. The number of aliphatic imine (C=N–C) groups is 1. The third-order valence-corrected chi connectivity index (χ3v) is 4.86. The first-order valence-corrected chi connectivity index (χ1v) is 8.59. The van der Waals surface area contributed by atoms with Crippen molar-refractivity contribution in [3.05, 3.63) is 66.1 Å². The minimum atomic E-state index is 0.250. The molecule has 0 radical (unpaired) electrons. The Morgan fingerprint density at radius 2 is 1.88 bits per heavy atom. The average molecular weight is 334 g/mol. The number of hydrogen-bond acceptors (Lipinski definition) is 3. The van der Waals surface area contributed by atoms with Gasteiger partial charge in [-0.3, -0.25) is 9.39 Å². The van der Waals surface area contributed by atoms with Gasteiger partial charge in [0, 0.05) is 25.2 Å². The summed E-state index contributed by atoms with van der Waals surface area (Å²) in [6, 6.07) is 16.6. The van der Waals surface area contributed by atoms with Gasteiger partial charge in [-0.25, -0.2) is 0 Å². The summed E-state index contributed by atoms with van der Waals surface area (Å²) in [6.07, 6.45) is 4.41. The molecule has 0 saturated heterocycles. The van der Waals surface area contributed by atoms with E-state index in [4.69, 9.17) is 0 Å². The SMILES string of the molecule is CN=C(NCc1nnc2ccccn12)NCC1(c2ccccc2)CC1. The first-order valence-electron chi connectivity index (χ1n) is 8.59. The van der Waals surface area contributed by atoms with Crippen molar-refractivity contribution >= 4 is 11.6 Å². The average Bonchev–Trinajstić information content (AvgIpc) is 3.36. The molecule has 0 bridgehead atoms. The Balaban J connectivity index is 1.37. The largest absolute Gasteiger partial charge is 0.356 e. The minimum absolute atomic E-state index is 0.250. The van der Waals surface area contributed by atoms with E-state index in [2.05, 4.69) is 56.2 Å². The number of rotatable bonds is 5. The van der Waals surface area contributed by atoms with Crippen LogP contribution in [0.5, 0.6) is 0 Å². The van der Waals surface area contributed by atoms with E-state index in [0.717, 1.165) is 24.0 Å². The van der Waals surface area contributed by atoms with Gasteiger partial charge < -0.3 is 10.6 Å². The second-order valence-electron chi connectivity index (χ2n) is 6.47. The molecule has 2 heterocycles. The van der Waals surface area contributed by atoms with Crippen LogP contribution in [-0.4, -0.2) is 34.2 Å². The summed E-state index contributed by atoms with van der Waals surface area (Å²) < 4.78 is 1.98. The Labute approximate surface area is 147 Å². The van der Waals surface area contributed by atoms with Crippen LogP contribution in [0.3, 0.4) is 0 Å². The summed E-state index contributed by atoms with van der Waals surface area (Å²) in [7, 11) is 1.79. The Morgan fingerprint density at radius 1 is 1.08 bits per heavy atom. The van der Waals surface area contributed by atoms with Gasteiger partial charge in [0.05, 0.1) is 6.54 Å². The van der Waals surface area contributed by atoms with Crippen LogP contribution >= 0.6 is 0 Å². The van der Waals surface area contributed by atoms with E-state index in [9.17, 15) is 0 Å². The summed E-state index contributed by atoms with van der Waals surface area (Å²) in [5.41, 5.74) is 2.50. The molecule has 1 aromatic carbocycles. The summed E-state index contributed by atoms with van der Waals surface area (Å²) in [5.74, 6) is 1.65. The zero-order chi connectivity index (χ0) is 17.1. The topological polar surface area (TPSA) is 66.6 Å². The Morgan fingerprint density at radius 3 is 2.64 bits per heavy atom. The zero-order valence-electron chi connectivity index (χ0n) is 14.3. The molecule has 0 spiro atoms. The van der Waals surface area contributed by atoms with Crippen LogP contribution in [0.15, 0.2) is 59.7 Å². The highest BCUT2D eigenvalue weighted by molar-refractivity contribution is 5.79. The Hall–Kier alpha value is -2.89. The first-order chi connectivity index (χ1) is 12.3. The van der Waals surface area contributed by atoms with Gasteiger partial charge in [-0.2, -0.15) is 0 Å². The van der Waals surface area contributed by atoms with E-state index in [1.54, 1.807) is 7.05 Å². The van der Waals surface area contributed by atoms with E-state index in [-0.39, 0.29) is 5.41 Å². The fourth-order valence-corrected chi connectivity index (χ4v) is 3.16. The third-order valence-electron chi connectivity index (χ3n) is 4.86. The van der Waals surface area contributed by atoms with E-state index in [1.807, 2.05) is 28.8 Å². The standard InChI is InChI=1S/C19H22N6/c1-20-18(21-13-17-24-23-16-9-5-6-12-25(16)17)22-14-19(10-11-19)15-7-3-2-4-8-15/h2-9,12H,10-11,13-14H2,1H3,(H2,20,21,22). The maximum absolute atomic E-state index is 4.33. The van der Waals surface area contributed by atoms with Crippen LogP contribution in [0.25, 0.3) is 5.65 Å². The molecule has 1 saturated carbocycles. The predicted molar refractivity (Wildman–Crippen MR) is 98.5 cm³/mol. The van der Waals surface area contributed by atoms with E-state index in [0.29, 0.717) is 6.54 Å². The molecule has 25 heavy (non-hydrogen) atoms. The second-order valence-corrected chi connectivity index (χ2v) is 6.47. The van der Waals surface area contributed by atoms with Crippen molar-refractivity contribution in [1.82, 2.24) is 25.2 Å². The van der Waals surface area contributed by atoms with Crippen LogP contribution in [0.1, 0.15) is 24.2 Å². The molecule has 1 aliphatic rings. The lowest BCUT2D eigenvalue weighted by Crippen LogP contribution is -2.41. The van der Waals surface area contributed by atoms with Crippen LogP contribution < -0.4 is 10.6 Å². The molecule has 128 valence electrons. The minimum Gasteiger partial charge on any atom is -0.356 e. The highest BCUT2D eigenvalue weighted by Gasteiger charge is 2.43. The molecule has 0 atom stereocenters. The predicted octanol–water partition coefficient (Wildman–Crippen LogP) is 2.13. The van der Waals surface area contributed by atoms with Crippen molar-refractivity contribution in [3.63, 3.8) is 0 Å². The van der Waals surface area contributed by atoms with Crippen molar-refractivity contribution in [2.24, 2.45) is 4.99 Å². The molecule has 0 aliphatic heterocycles. The number of nitrogens with zero attached hydrogens (tertiary/aromatic N) is 4. The lowest BCUT2D eigenvalue weighted by atomic mass is 9.96. The lowest BCUT2D eigenvalue weighted by Gasteiger charge is -2.18. The van der Waals surface area contributed by atoms with E-state index < -0.39 is 0 Å². The van der Waals surface area contributed by atoms with Gasteiger partial charge in [-0.05, 0) is 30.5 Å². The molecule has 0 amide bonds. The van der Waals surface area contributed by atoms with Gasteiger partial charge in [0.1, 0.15) is 0 Å². The normalized spacial score (nSPS) is 16.0. The van der Waals surface area contributed by atoms with Crippen LogP contribution in [-0.2, 0) is 12.0 Å². The summed E-state index contributed by atoms with van der Waals surface area (Å²) >= 11 is 0. The number of aromatic nitrogens is 3. The number of benzene rings is 1. The van der Waals surface area contributed by atoms with Gasteiger partial charge >= 0.3 is 0 Å². The Bertz CT molecular complexity index is 879. The third kappa shape index (κ3) is 3.20. The fourth-order valence-electron chi connectivity index (χ4n) is 3.16. The molecule has 3 aromatic rings. The number of guanidine groups is 1. The molecule has 6 heteroatoms. The van der Waals surface area contributed by atoms with Crippen molar-refractivity contribution in [3.8, 4) is 0 Å². The monoisotopic (exact) mass is 334 g/mol. The summed E-state index contributed by atoms with van der Waals surface area (Å²) in [6.45, 7) is 1.46. The number of pyridine rings is 1. The van der Waals surface area contributed by atoms with Gasteiger partial charge in [-0.1, -0.05) is 36.4 Å². The first kappa shape index (κ1) is 15.6. The molecular formula is C19H22N6. The Kier molecular flexibility index (Phi) is 4.09. The van der Waals surface area contributed by atoms with Gasteiger partial charge in [-0.15, -0.1) is 10.2 Å². The number of hydrogen-bond donors (Lipinski definition) is 2. The molecule has 2 N–H and O–H groups in total. The van der Waals surface area contributed by atoms with Gasteiger partial charge in [0.2, 0.25) is 0 Å². The lowest BCUT2D eigenvalue weighted by molar-refractivity contribution is 0.642. The molecule has 0 unspecified atom stereocenters. The molecule has 6 nitrogen and oxygen atoms in total. The van der Waals surface area contributed by atoms with E-state index in [1.165, 1.54) is 18.4 Å². The highest BCUT2D eigenvalue weighted by Crippen LogP contribution is 2.47. The van der Waals surface area contributed by atoms with Crippen LogP contribution in [0.4, 0.5) is 0 Å².